The Labute approximate surface area is 209 Å². The van der Waals surface area contributed by atoms with Crippen molar-refractivity contribution < 1.29 is 40.1 Å². The molecule has 0 aromatic carbocycles. The number of halogens is 6. The molecule has 37 heavy (non-hydrogen) atoms. The monoisotopic (exact) mass is 540 g/mol. The Bertz CT molecular complexity index is 933. The molecule has 2 aliphatic rings. The molecule has 0 spiro atoms. The molecule has 4 rings (SSSR count). The maximum Gasteiger partial charge on any atom is 0.415 e. The highest BCUT2D eigenvalue weighted by Gasteiger charge is 2.50. The number of aryl methyl sites for hydroxylation is 2. The van der Waals surface area contributed by atoms with Gasteiger partial charge < -0.3 is 13.8 Å². The van der Waals surface area contributed by atoms with Gasteiger partial charge in [-0.05, 0) is 52.6 Å². The molecule has 0 N–H and O–H groups in total. The summed E-state index contributed by atoms with van der Waals surface area (Å²) in [5.74, 6) is 0.866. The first kappa shape index (κ1) is 27.8. The molecule has 4 heterocycles. The van der Waals surface area contributed by atoms with Gasteiger partial charge in [-0.2, -0.15) is 36.3 Å². The van der Waals surface area contributed by atoms with E-state index in [0.29, 0.717) is 62.2 Å². The molecule has 2 aliphatic heterocycles. The summed E-state index contributed by atoms with van der Waals surface area (Å²) in [5.41, 5.74) is 0. The zero-order valence-electron chi connectivity index (χ0n) is 20.6. The summed E-state index contributed by atoms with van der Waals surface area (Å²) < 4.78 is 98.6. The van der Waals surface area contributed by atoms with Crippen LogP contribution >= 0.6 is 0 Å². The van der Waals surface area contributed by atoms with Crippen molar-refractivity contribution in [2.24, 2.45) is 0 Å². The molecule has 4 atom stereocenters. The summed E-state index contributed by atoms with van der Waals surface area (Å²) in [6.07, 6.45) is -12.8. The summed E-state index contributed by atoms with van der Waals surface area (Å²) in [5, 5.41) is 7.42. The molecule has 208 valence electrons. The Morgan fingerprint density at radius 1 is 0.784 bits per heavy atom. The normalized spacial score (nSPS) is 24.3. The van der Waals surface area contributed by atoms with Gasteiger partial charge in [-0.1, -0.05) is 10.3 Å². The number of rotatable bonds is 8. The van der Waals surface area contributed by atoms with Crippen LogP contribution in [-0.2, 0) is 4.74 Å². The quantitative estimate of drug-likeness (QED) is 0.461. The number of aromatic nitrogens is 4. The molecule has 0 radical (unpaired) electrons. The standard InChI is InChI=1S/C22H30F6N6O3/c1-13-29-19(36-31-13)15-5-3-7-33(9-15)11-17(21(23,24)25)35-18(22(26,27)28)12-34-8-4-6-16(10-34)20-30-14(2)32-37-20/h15-18H,3-12H2,1-2H3/t15?,16?,17-,18-/m0/s1. The molecular weight excluding hydrogens is 510 g/mol. The van der Waals surface area contributed by atoms with Crippen molar-refractivity contribution in [3.05, 3.63) is 23.4 Å². The lowest BCUT2D eigenvalue weighted by Crippen LogP contribution is -2.52. The average molecular weight is 541 g/mol. The van der Waals surface area contributed by atoms with Crippen molar-refractivity contribution >= 4 is 0 Å². The molecule has 9 nitrogen and oxygen atoms in total. The van der Waals surface area contributed by atoms with Crippen LogP contribution in [0.15, 0.2) is 9.05 Å². The van der Waals surface area contributed by atoms with Gasteiger partial charge in [0.2, 0.25) is 11.8 Å². The molecule has 2 fully saturated rings. The predicted octanol–water partition coefficient (Wildman–Crippen LogP) is 4.01. The highest BCUT2D eigenvalue weighted by atomic mass is 19.4. The molecule has 15 heteroatoms. The average Bonchev–Trinajstić information content (AvgIpc) is 3.45. The van der Waals surface area contributed by atoms with Crippen molar-refractivity contribution in [2.45, 2.75) is 75.9 Å². The van der Waals surface area contributed by atoms with Gasteiger partial charge in [0, 0.05) is 26.2 Å². The van der Waals surface area contributed by atoms with Crippen molar-refractivity contribution in [3.8, 4) is 0 Å². The summed E-state index contributed by atoms with van der Waals surface area (Å²) in [6.45, 7) is 2.74. The smallest absolute Gasteiger partial charge is 0.353 e. The third-order valence-corrected chi connectivity index (χ3v) is 6.70. The van der Waals surface area contributed by atoms with Gasteiger partial charge in [-0.15, -0.1) is 0 Å². The van der Waals surface area contributed by atoms with Crippen molar-refractivity contribution in [2.75, 3.05) is 39.3 Å². The zero-order chi connectivity index (χ0) is 26.8. The number of alkyl halides is 6. The lowest BCUT2D eigenvalue weighted by molar-refractivity contribution is -0.290. The topological polar surface area (TPSA) is 93.6 Å². The number of likely N-dealkylation sites (tertiary alicyclic amines) is 2. The minimum Gasteiger partial charge on any atom is -0.353 e. The third-order valence-electron chi connectivity index (χ3n) is 6.70. The summed E-state index contributed by atoms with van der Waals surface area (Å²) >= 11 is 0. The number of ether oxygens (including phenoxy) is 1. The first-order valence-electron chi connectivity index (χ1n) is 12.2. The van der Waals surface area contributed by atoms with E-state index in [9.17, 15) is 26.3 Å². The largest absolute Gasteiger partial charge is 0.415 e. The van der Waals surface area contributed by atoms with E-state index in [1.165, 1.54) is 9.80 Å². The van der Waals surface area contributed by atoms with Gasteiger partial charge in [0.1, 0.15) is 0 Å². The highest BCUT2D eigenvalue weighted by Crippen LogP contribution is 2.34. The fraction of sp³-hybridized carbons (Fsp3) is 0.818. The minimum absolute atomic E-state index is 0.158. The Morgan fingerprint density at radius 3 is 1.51 bits per heavy atom. The maximum atomic E-state index is 13.9. The van der Waals surface area contributed by atoms with E-state index in [0.717, 1.165) is 0 Å². The second-order valence-electron chi connectivity index (χ2n) is 9.75. The maximum absolute atomic E-state index is 13.9. The van der Waals surface area contributed by atoms with E-state index in [1.807, 2.05) is 0 Å². The fourth-order valence-electron chi connectivity index (χ4n) is 4.92. The van der Waals surface area contributed by atoms with Gasteiger partial charge in [0.15, 0.2) is 23.9 Å². The van der Waals surface area contributed by atoms with Crippen LogP contribution in [0, 0.1) is 13.8 Å². The van der Waals surface area contributed by atoms with E-state index in [1.54, 1.807) is 13.8 Å². The Kier molecular flexibility index (Phi) is 8.43. The summed E-state index contributed by atoms with van der Waals surface area (Å²) in [4.78, 5) is 11.2. The Balaban J connectivity index is 1.42. The van der Waals surface area contributed by atoms with Crippen LogP contribution in [0.2, 0.25) is 0 Å². The Hall–Kier alpha value is -2.26. The van der Waals surface area contributed by atoms with Gasteiger partial charge >= 0.3 is 12.4 Å². The first-order valence-corrected chi connectivity index (χ1v) is 12.2. The molecule has 0 aliphatic carbocycles. The molecule has 0 saturated carbocycles. The second-order valence-corrected chi connectivity index (χ2v) is 9.75. The number of hydrogen-bond acceptors (Lipinski definition) is 9. The number of piperidine rings is 2. The van der Waals surface area contributed by atoms with Crippen LogP contribution in [-0.4, -0.2) is 93.9 Å². The van der Waals surface area contributed by atoms with Crippen molar-refractivity contribution in [1.82, 2.24) is 30.1 Å². The zero-order valence-corrected chi connectivity index (χ0v) is 20.6. The molecule has 2 saturated heterocycles. The van der Waals surface area contributed by atoms with Crippen LogP contribution in [0.3, 0.4) is 0 Å². The lowest BCUT2D eigenvalue weighted by Gasteiger charge is -2.38. The van der Waals surface area contributed by atoms with Crippen LogP contribution in [0.1, 0.15) is 60.9 Å². The lowest BCUT2D eigenvalue weighted by atomic mass is 9.97. The second kappa shape index (κ2) is 11.2. The van der Waals surface area contributed by atoms with E-state index in [4.69, 9.17) is 13.8 Å². The molecule has 0 bridgehead atoms. The van der Waals surface area contributed by atoms with Crippen LogP contribution in [0.5, 0.6) is 0 Å². The van der Waals surface area contributed by atoms with Crippen LogP contribution < -0.4 is 0 Å². The predicted molar refractivity (Wildman–Crippen MR) is 116 cm³/mol. The van der Waals surface area contributed by atoms with E-state index >= 15 is 0 Å². The molecular formula is C22H30F6N6O3. The van der Waals surface area contributed by atoms with Crippen molar-refractivity contribution in [1.29, 1.82) is 0 Å². The SMILES string of the molecule is Cc1noc(C2CCCN(C[C@H](O[C@@H](CN3CCCC(c4nc(C)no4)C3)C(F)(F)F)C(F)(F)F)C2)n1. The van der Waals surface area contributed by atoms with Gasteiger partial charge in [0.05, 0.1) is 11.8 Å². The van der Waals surface area contributed by atoms with E-state index < -0.39 is 37.7 Å². The first-order chi connectivity index (χ1) is 17.4. The Morgan fingerprint density at radius 2 is 1.19 bits per heavy atom. The summed E-state index contributed by atoms with van der Waals surface area (Å²) in [6, 6.07) is 0. The van der Waals surface area contributed by atoms with Gasteiger partial charge in [-0.25, -0.2) is 0 Å². The minimum atomic E-state index is -4.98. The van der Waals surface area contributed by atoms with E-state index in [2.05, 4.69) is 20.3 Å². The highest BCUT2D eigenvalue weighted by molar-refractivity contribution is 4.98. The van der Waals surface area contributed by atoms with Gasteiger partial charge in [-0.3, -0.25) is 9.80 Å². The molecule has 2 aromatic heterocycles. The number of nitrogens with zero attached hydrogens (tertiary/aromatic N) is 6. The molecule has 2 unspecified atom stereocenters. The van der Waals surface area contributed by atoms with Crippen molar-refractivity contribution in [3.63, 3.8) is 0 Å². The van der Waals surface area contributed by atoms with Crippen LogP contribution in [0.4, 0.5) is 26.3 Å². The third kappa shape index (κ3) is 7.41. The molecule has 0 amide bonds. The summed E-state index contributed by atoms with van der Waals surface area (Å²) in [7, 11) is 0. The van der Waals surface area contributed by atoms with Crippen LogP contribution in [0.25, 0.3) is 0 Å². The molecule has 2 aromatic rings. The number of hydrogen-bond donors (Lipinski definition) is 0. The van der Waals surface area contributed by atoms with Gasteiger partial charge in [0.25, 0.3) is 0 Å². The fourth-order valence-corrected chi connectivity index (χ4v) is 4.92. The van der Waals surface area contributed by atoms with E-state index in [-0.39, 0.29) is 24.9 Å².